The van der Waals surface area contributed by atoms with Crippen LogP contribution in [0.2, 0.25) is 0 Å². The average molecular weight is 355 g/mol. The van der Waals surface area contributed by atoms with Crippen LogP contribution in [0, 0.1) is 0 Å². The maximum absolute atomic E-state index is 11.5. The standard InChI is InChI=1S/C18H21N5O3/c1-13(24)22-9-11-23(12-10-22)16-7-8-19-18(21-16)20-15-5-3-14(4-6-15)17(25)26-2/h3-8H,9-12H2,1-2H3,(H,19,20,21). The van der Waals surface area contributed by atoms with Crippen molar-refractivity contribution in [1.82, 2.24) is 14.9 Å². The van der Waals surface area contributed by atoms with Gasteiger partial charge in [0.25, 0.3) is 0 Å². The lowest BCUT2D eigenvalue weighted by Gasteiger charge is -2.34. The molecule has 1 amide bonds. The molecule has 1 N–H and O–H groups in total. The van der Waals surface area contributed by atoms with Gasteiger partial charge >= 0.3 is 5.97 Å². The Morgan fingerprint density at radius 1 is 1.08 bits per heavy atom. The number of hydrogen-bond acceptors (Lipinski definition) is 7. The second-order valence-electron chi connectivity index (χ2n) is 5.93. The third-order valence-corrected chi connectivity index (χ3v) is 4.25. The molecule has 1 saturated heterocycles. The first-order valence-electron chi connectivity index (χ1n) is 8.36. The number of aromatic nitrogens is 2. The zero-order chi connectivity index (χ0) is 18.5. The van der Waals surface area contributed by atoms with E-state index in [2.05, 4.69) is 24.9 Å². The van der Waals surface area contributed by atoms with Gasteiger partial charge in [-0.1, -0.05) is 0 Å². The minimum atomic E-state index is -0.375. The number of methoxy groups -OCH3 is 1. The van der Waals surface area contributed by atoms with E-state index in [0.717, 1.165) is 24.6 Å². The summed E-state index contributed by atoms with van der Waals surface area (Å²) in [5, 5.41) is 3.13. The smallest absolute Gasteiger partial charge is 0.337 e. The van der Waals surface area contributed by atoms with Crippen LogP contribution in [0.15, 0.2) is 36.5 Å². The SMILES string of the molecule is COC(=O)c1ccc(Nc2nccc(N3CCN(C(C)=O)CC3)n2)cc1. The van der Waals surface area contributed by atoms with Crippen LogP contribution in [0.25, 0.3) is 0 Å². The molecule has 1 aromatic carbocycles. The zero-order valence-corrected chi connectivity index (χ0v) is 14.8. The van der Waals surface area contributed by atoms with Crippen molar-refractivity contribution in [3.05, 3.63) is 42.1 Å². The third-order valence-electron chi connectivity index (χ3n) is 4.25. The van der Waals surface area contributed by atoms with Crippen molar-refractivity contribution < 1.29 is 14.3 Å². The molecule has 2 aromatic rings. The van der Waals surface area contributed by atoms with Crippen LogP contribution in [0.5, 0.6) is 0 Å². The number of piperazine rings is 1. The Balaban J connectivity index is 1.66. The predicted octanol–water partition coefficient (Wildman–Crippen LogP) is 1.68. The second kappa shape index (κ2) is 7.81. The Bertz CT molecular complexity index is 786. The van der Waals surface area contributed by atoms with Gasteiger partial charge in [0.15, 0.2) is 0 Å². The quantitative estimate of drug-likeness (QED) is 0.835. The molecule has 8 heteroatoms. The van der Waals surface area contributed by atoms with E-state index < -0.39 is 0 Å². The first-order chi connectivity index (χ1) is 12.6. The summed E-state index contributed by atoms with van der Waals surface area (Å²) in [4.78, 5) is 35.6. The van der Waals surface area contributed by atoms with Crippen molar-refractivity contribution in [1.29, 1.82) is 0 Å². The van der Waals surface area contributed by atoms with E-state index in [9.17, 15) is 9.59 Å². The summed E-state index contributed by atoms with van der Waals surface area (Å²) in [6.45, 7) is 4.45. The second-order valence-corrected chi connectivity index (χ2v) is 5.93. The molecular weight excluding hydrogens is 334 g/mol. The van der Waals surface area contributed by atoms with Crippen LogP contribution in [0.1, 0.15) is 17.3 Å². The Morgan fingerprint density at radius 3 is 2.38 bits per heavy atom. The van der Waals surface area contributed by atoms with Crippen molar-refractivity contribution in [2.45, 2.75) is 6.92 Å². The van der Waals surface area contributed by atoms with E-state index in [4.69, 9.17) is 0 Å². The van der Waals surface area contributed by atoms with Crippen LogP contribution in [0.4, 0.5) is 17.5 Å². The molecule has 0 spiro atoms. The number of nitrogens with one attached hydrogen (secondary N) is 1. The molecule has 0 unspecified atom stereocenters. The van der Waals surface area contributed by atoms with Crippen LogP contribution < -0.4 is 10.2 Å². The van der Waals surface area contributed by atoms with Gasteiger partial charge in [-0.25, -0.2) is 9.78 Å². The highest BCUT2D eigenvalue weighted by Crippen LogP contribution is 2.18. The van der Waals surface area contributed by atoms with Crippen LogP contribution in [-0.4, -0.2) is 60.0 Å². The summed E-state index contributed by atoms with van der Waals surface area (Å²) >= 11 is 0. The molecule has 0 saturated carbocycles. The highest BCUT2D eigenvalue weighted by Gasteiger charge is 2.19. The number of anilines is 3. The zero-order valence-electron chi connectivity index (χ0n) is 14.8. The largest absolute Gasteiger partial charge is 0.465 e. The lowest BCUT2D eigenvalue weighted by atomic mass is 10.2. The Kier molecular flexibility index (Phi) is 5.31. The first-order valence-corrected chi connectivity index (χ1v) is 8.36. The number of hydrogen-bond donors (Lipinski definition) is 1. The van der Waals surface area contributed by atoms with Gasteiger partial charge in [-0.05, 0) is 30.3 Å². The van der Waals surface area contributed by atoms with Gasteiger partial charge in [-0.2, -0.15) is 4.98 Å². The topological polar surface area (TPSA) is 87.7 Å². The van der Waals surface area contributed by atoms with Gasteiger partial charge in [0.1, 0.15) is 5.82 Å². The lowest BCUT2D eigenvalue weighted by Crippen LogP contribution is -2.48. The number of carbonyl (C=O) groups excluding carboxylic acids is 2. The Labute approximate surface area is 151 Å². The normalized spacial score (nSPS) is 14.1. The van der Waals surface area contributed by atoms with E-state index in [1.807, 2.05) is 11.0 Å². The number of nitrogens with zero attached hydrogens (tertiary/aromatic N) is 4. The summed E-state index contributed by atoms with van der Waals surface area (Å²) in [7, 11) is 1.35. The summed E-state index contributed by atoms with van der Waals surface area (Å²) in [5.41, 5.74) is 1.26. The number of rotatable bonds is 4. The number of carbonyl (C=O) groups is 2. The molecule has 1 aromatic heterocycles. The Hall–Kier alpha value is -3.16. The fourth-order valence-corrected chi connectivity index (χ4v) is 2.77. The maximum Gasteiger partial charge on any atom is 0.337 e. The number of ether oxygens (including phenoxy) is 1. The molecule has 8 nitrogen and oxygen atoms in total. The van der Waals surface area contributed by atoms with Crippen LogP contribution in [0.3, 0.4) is 0 Å². The molecule has 1 fully saturated rings. The van der Waals surface area contributed by atoms with Gasteiger partial charge in [-0.3, -0.25) is 4.79 Å². The monoisotopic (exact) mass is 355 g/mol. The van der Waals surface area contributed by atoms with E-state index >= 15 is 0 Å². The fourth-order valence-electron chi connectivity index (χ4n) is 2.77. The minimum Gasteiger partial charge on any atom is -0.465 e. The van der Waals surface area contributed by atoms with Gasteiger partial charge in [0.2, 0.25) is 11.9 Å². The summed E-state index contributed by atoms with van der Waals surface area (Å²) < 4.78 is 4.69. The van der Waals surface area contributed by atoms with Crippen LogP contribution >= 0.6 is 0 Å². The molecule has 0 bridgehead atoms. The Morgan fingerprint density at radius 2 is 1.77 bits per heavy atom. The summed E-state index contributed by atoms with van der Waals surface area (Å²) in [6, 6.07) is 8.76. The van der Waals surface area contributed by atoms with Crippen LogP contribution in [-0.2, 0) is 9.53 Å². The van der Waals surface area contributed by atoms with Gasteiger partial charge in [0.05, 0.1) is 12.7 Å². The van der Waals surface area contributed by atoms with E-state index in [-0.39, 0.29) is 11.9 Å². The minimum absolute atomic E-state index is 0.102. The molecule has 3 rings (SSSR count). The number of benzene rings is 1. The number of esters is 1. The summed E-state index contributed by atoms with van der Waals surface area (Å²) in [5.74, 6) is 1.02. The maximum atomic E-state index is 11.5. The van der Waals surface area contributed by atoms with Crippen molar-refractivity contribution in [2.75, 3.05) is 43.5 Å². The molecule has 1 aliphatic heterocycles. The average Bonchev–Trinajstić information content (AvgIpc) is 2.68. The van der Waals surface area contributed by atoms with Crippen molar-refractivity contribution in [3.8, 4) is 0 Å². The molecule has 0 atom stereocenters. The predicted molar refractivity (Wildman–Crippen MR) is 97.6 cm³/mol. The number of amides is 1. The highest BCUT2D eigenvalue weighted by molar-refractivity contribution is 5.89. The third kappa shape index (κ3) is 4.08. The highest BCUT2D eigenvalue weighted by atomic mass is 16.5. The summed E-state index contributed by atoms with van der Waals surface area (Å²) in [6.07, 6.45) is 1.70. The molecule has 0 aliphatic carbocycles. The van der Waals surface area contributed by atoms with E-state index in [0.29, 0.717) is 24.6 Å². The van der Waals surface area contributed by atoms with Crippen molar-refractivity contribution in [3.63, 3.8) is 0 Å². The van der Waals surface area contributed by atoms with Crippen molar-refractivity contribution >= 4 is 29.3 Å². The molecule has 0 radical (unpaired) electrons. The molecule has 2 heterocycles. The van der Waals surface area contributed by atoms with E-state index in [1.54, 1.807) is 37.4 Å². The van der Waals surface area contributed by atoms with Gasteiger partial charge in [0, 0.05) is 45.0 Å². The van der Waals surface area contributed by atoms with Gasteiger partial charge < -0.3 is 19.9 Å². The molecule has 26 heavy (non-hydrogen) atoms. The first kappa shape index (κ1) is 17.7. The fraction of sp³-hybridized carbons (Fsp3) is 0.333. The van der Waals surface area contributed by atoms with Crippen molar-refractivity contribution in [2.24, 2.45) is 0 Å². The molecular formula is C18H21N5O3. The molecule has 136 valence electrons. The molecule has 1 aliphatic rings. The van der Waals surface area contributed by atoms with Gasteiger partial charge in [-0.15, -0.1) is 0 Å². The van der Waals surface area contributed by atoms with E-state index in [1.165, 1.54) is 7.11 Å². The lowest BCUT2D eigenvalue weighted by molar-refractivity contribution is -0.129.